The molecule has 5 atom stereocenters. The van der Waals surface area contributed by atoms with Crippen LogP contribution in [0.25, 0.3) is 0 Å². The van der Waals surface area contributed by atoms with Crippen LogP contribution in [-0.2, 0) is 9.47 Å². The minimum Gasteiger partial charge on any atom is -0.462 e. The Hall–Kier alpha value is -1.34. The Bertz CT molecular complexity index is 410. The second kappa shape index (κ2) is 5.75. The molecule has 4 N–H and O–H groups in total. The van der Waals surface area contributed by atoms with E-state index in [1.807, 2.05) is 0 Å². The molecule has 1 heterocycles. The summed E-state index contributed by atoms with van der Waals surface area (Å²) in [5, 5.41) is 19.9. The summed E-state index contributed by atoms with van der Waals surface area (Å²) in [4.78, 5) is 0. The largest absolute Gasteiger partial charge is 0.462 e. The van der Waals surface area contributed by atoms with Crippen LogP contribution in [0.1, 0.15) is 6.92 Å². The second-order valence-corrected chi connectivity index (χ2v) is 4.58. The normalized spacial score (nSPS) is 35.1. The summed E-state index contributed by atoms with van der Waals surface area (Å²) in [6, 6.07) is 6.75. The monoisotopic (exact) mass is 269 g/mol. The molecule has 1 aromatic carbocycles. The molecule has 0 bridgehead atoms. The van der Waals surface area contributed by atoms with Crippen LogP contribution in [-0.4, -0.2) is 48.0 Å². The molecule has 0 aromatic heterocycles. The zero-order valence-corrected chi connectivity index (χ0v) is 10.9. The van der Waals surface area contributed by atoms with Crippen molar-refractivity contribution in [1.29, 1.82) is 0 Å². The number of aliphatic hydroxyl groups excluding tert-OH is 2. The smallest absolute Gasteiger partial charge is 0.229 e. The maximum atomic E-state index is 10.1. The van der Waals surface area contributed by atoms with Gasteiger partial charge >= 0.3 is 0 Å². The Kier molecular flexibility index (Phi) is 4.26. The maximum Gasteiger partial charge on any atom is 0.229 e. The molecule has 0 amide bonds. The Morgan fingerprint density at radius 3 is 2.37 bits per heavy atom. The highest BCUT2D eigenvalue weighted by Gasteiger charge is 2.44. The molecule has 0 saturated carbocycles. The number of benzene rings is 1. The van der Waals surface area contributed by atoms with Crippen LogP contribution in [0.3, 0.4) is 0 Å². The molecule has 1 aliphatic heterocycles. The van der Waals surface area contributed by atoms with Crippen molar-refractivity contribution in [2.45, 2.75) is 37.6 Å². The zero-order valence-electron chi connectivity index (χ0n) is 10.9. The molecule has 1 fully saturated rings. The van der Waals surface area contributed by atoms with Gasteiger partial charge in [0, 0.05) is 12.8 Å². The van der Waals surface area contributed by atoms with Gasteiger partial charge in [-0.2, -0.15) is 0 Å². The van der Waals surface area contributed by atoms with Crippen molar-refractivity contribution in [3.63, 3.8) is 0 Å². The molecule has 6 nitrogen and oxygen atoms in total. The van der Waals surface area contributed by atoms with Gasteiger partial charge in [-0.3, -0.25) is 0 Å². The van der Waals surface area contributed by atoms with Crippen LogP contribution in [0.2, 0.25) is 0 Å². The summed E-state index contributed by atoms with van der Waals surface area (Å²) in [6.45, 7) is 1.70. The lowest BCUT2D eigenvalue weighted by atomic mass is 10.00. The van der Waals surface area contributed by atoms with Crippen molar-refractivity contribution in [2.24, 2.45) is 0 Å². The summed E-state index contributed by atoms with van der Waals surface area (Å²) in [5.41, 5.74) is 6.20. The van der Waals surface area contributed by atoms with Gasteiger partial charge in [-0.25, -0.2) is 0 Å². The van der Waals surface area contributed by atoms with Crippen LogP contribution in [0, 0.1) is 0 Å². The van der Waals surface area contributed by atoms with Crippen molar-refractivity contribution in [3.05, 3.63) is 24.3 Å². The molecule has 1 aromatic rings. The van der Waals surface area contributed by atoms with Crippen LogP contribution in [0.4, 0.5) is 5.69 Å². The summed E-state index contributed by atoms with van der Waals surface area (Å²) in [6.07, 6.45) is -4.11. The second-order valence-electron chi connectivity index (χ2n) is 4.58. The summed E-state index contributed by atoms with van der Waals surface area (Å²) < 4.78 is 16.1. The third kappa shape index (κ3) is 2.98. The summed E-state index contributed by atoms with van der Waals surface area (Å²) in [5.74, 6) is 0.525. The molecule has 6 heteroatoms. The van der Waals surface area contributed by atoms with Gasteiger partial charge in [-0.05, 0) is 31.2 Å². The van der Waals surface area contributed by atoms with Gasteiger partial charge in [0.15, 0.2) is 0 Å². The van der Waals surface area contributed by atoms with E-state index in [0.29, 0.717) is 11.4 Å². The predicted octanol–water partition coefficient (Wildman–Crippen LogP) is 0.129. The highest BCUT2D eigenvalue weighted by atomic mass is 16.7. The first-order valence-electron chi connectivity index (χ1n) is 6.09. The fourth-order valence-electron chi connectivity index (χ4n) is 2.05. The van der Waals surface area contributed by atoms with Crippen LogP contribution < -0.4 is 10.5 Å². The van der Waals surface area contributed by atoms with Gasteiger partial charge in [0.1, 0.15) is 24.1 Å². The lowest BCUT2D eigenvalue weighted by Gasteiger charge is -2.40. The molecular weight excluding hydrogens is 250 g/mol. The zero-order chi connectivity index (χ0) is 14.0. The highest BCUT2D eigenvalue weighted by molar-refractivity contribution is 5.41. The molecule has 1 aliphatic rings. The Morgan fingerprint density at radius 1 is 1.16 bits per heavy atom. The van der Waals surface area contributed by atoms with Crippen LogP contribution in [0.15, 0.2) is 24.3 Å². The molecule has 0 radical (unpaired) electrons. The fourth-order valence-corrected chi connectivity index (χ4v) is 2.05. The molecule has 106 valence electrons. The average Bonchev–Trinajstić information content (AvgIpc) is 2.39. The molecule has 2 rings (SSSR count). The minimum atomic E-state index is -1.08. The van der Waals surface area contributed by atoms with Gasteiger partial charge in [0.05, 0.1) is 6.10 Å². The lowest BCUT2D eigenvalue weighted by Crippen LogP contribution is -2.58. The van der Waals surface area contributed by atoms with Crippen molar-refractivity contribution >= 4 is 5.69 Å². The van der Waals surface area contributed by atoms with Gasteiger partial charge in [0.2, 0.25) is 6.29 Å². The number of nitrogens with two attached hydrogens (primary N) is 1. The highest BCUT2D eigenvalue weighted by Crippen LogP contribution is 2.25. The number of nitrogen functional groups attached to an aromatic ring is 1. The first-order valence-corrected chi connectivity index (χ1v) is 6.09. The number of ether oxygens (including phenoxy) is 3. The number of methoxy groups -OCH3 is 1. The first-order chi connectivity index (χ1) is 9.02. The van der Waals surface area contributed by atoms with Gasteiger partial charge in [0.25, 0.3) is 0 Å². The molecule has 1 saturated heterocycles. The van der Waals surface area contributed by atoms with E-state index in [9.17, 15) is 10.2 Å². The van der Waals surface area contributed by atoms with Gasteiger partial charge in [-0.15, -0.1) is 0 Å². The van der Waals surface area contributed by atoms with Crippen molar-refractivity contribution in [3.8, 4) is 5.75 Å². The van der Waals surface area contributed by atoms with E-state index < -0.39 is 30.7 Å². The first kappa shape index (κ1) is 14.1. The lowest BCUT2D eigenvalue weighted by molar-refractivity contribution is -0.272. The third-order valence-electron chi connectivity index (χ3n) is 3.19. The Labute approximate surface area is 111 Å². The Morgan fingerprint density at radius 2 is 1.79 bits per heavy atom. The van der Waals surface area contributed by atoms with Crippen LogP contribution >= 0.6 is 0 Å². The number of hydrogen-bond acceptors (Lipinski definition) is 6. The molecule has 0 unspecified atom stereocenters. The summed E-state index contributed by atoms with van der Waals surface area (Å²) in [7, 11) is 1.43. The topological polar surface area (TPSA) is 94.2 Å². The molecule has 0 aliphatic carbocycles. The van der Waals surface area contributed by atoms with E-state index in [2.05, 4.69) is 0 Å². The SMILES string of the molecule is CO[C@H]1[C@H](O)[C@@H](Oc2ccc(N)cc2)O[C@@H](C)[C@H]1O. The predicted molar refractivity (Wildman–Crippen MR) is 68.6 cm³/mol. The van der Waals surface area contributed by atoms with E-state index in [-0.39, 0.29) is 0 Å². The van der Waals surface area contributed by atoms with Crippen molar-refractivity contribution < 1.29 is 24.4 Å². The van der Waals surface area contributed by atoms with Gasteiger partial charge < -0.3 is 30.2 Å². The molecule has 19 heavy (non-hydrogen) atoms. The summed E-state index contributed by atoms with van der Waals surface area (Å²) >= 11 is 0. The quantitative estimate of drug-likeness (QED) is 0.675. The Balaban J connectivity index is 2.09. The van der Waals surface area contributed by atoms with E-state index in [4.69, 9.17) is 19.9 Å². The van der Waals surface area contributed by atoms with E-state index in [1.165, 1.54) is 7.11 Å². The number of rotatable bonds is 3. The van der Waals surface area contributed by atoms with E-state index in [0.717, 1.165) is 0 Å². The number of anilines is 1. The number of hydrogen-bond donors (Lipinski definition) is 3. The third-order valence-corrected chi connectivity index (χ3v) is 3.19. The molecular formula is C13H19NO5. The fraction of sp³-hybridized carbons (Fsp3) is 0.538. The van der Waals surface area contributed by atoms with E-state index >= 15 is 0 Å². The average molecular weight is 269 g/mol. The van der Waals surface area contributed by atoms with Gasteiger partial charge in [-0.1, -0.05) is 0 Å². The maximum absolute atomic E-state index is 10.1. The van der Waals surface area contributed by atoms with E-state index in [1.54, 1.807) is 31.2 Å². The number of aliphatic hydroxyl groups is 2. The molecule has 0 spiro atoms. The van der Waals surface area contributed by atoms with Crippen molar-refractivity contribution in [1.82, 2.24) is 0 Å². The minimum absolute atomic E-state index is 0.493. The van der Waals surface area contributed by atoms with Crippen LogP contribution in [0.5, 0.6) is 5.75 Å². The standard InChI is InChI=1S/C13H19NO5/c1-7-10(15)12(17-2)11(16)13(18-7)19-9-5-3-8(14)4-6-9/h3-7,10-13,15-16H,14H2,1-2H3/t7-,10+,11-,12+,13+/m0/s1. The van der Waals surface area contributed by atoms with Crippen molar-refractivity contribution in [2.75, 3.05) is 12.8 Å².